The van der Waals surface area contributed by atoms with Gasteiger partial charge < -0.3 is 10.6 Å². The maximum Gasteiger partial charge on any atom is 0.237 e. The van der Waals surface area contributed by atoms with Gasteiger partial charge >= 0.3 is 0 Å². The van der Waals surface area contributed by atoms with Gasteiger partial charge in [-0.25, -0.2) is 0 Å². The summed E-state index contributed by atoms with van der Waals surface area (Å²) in [6.07, 6.45) is 1.76. The molecule has 0 radical (unpaired) electrons. The van der Waals surface area contributed by atoms with Crippen molar-refractivity contribution < 1.29 is 4.79 Å². The van der Waals surface area contributed by atoms with Crippen LogP contribution in [0.2, 0.25) is 0 Å². The normalized spacial score (nSPS) is 11.9. The first-order valence-corrected chi connectivity index (χ1v) is 9.50. The van der Waals surface area contributed by atoms with E-state index in [0.29, 0.717) is 6.54 Å². The lowest BCUT2D eigenvalue weighted by Crippen LogP contribution is -2.22. The molecule has 1 heterocycles. The van der Waals surface area contributed by atoms with E-state index in [1.54, 1.807) is 6.08 Å². The van der Waals surface area contributed by atoms with E-state index >= 15 is 0 Å². The van der Waals surface area contributed by atoms with Crippen molar-refractivity contribution in [1.82, 2.24) is 10.2 Å². The number of benzene rings is 2. The molecule has 3 aromatic rings. The highest BCUT2D eigenvalue weighted by atomic mass is 32.2. The lowest BCUT2D eigenvalue weighted by atomic mass is 10.1. The number of nitrogens with zero attached hydrogens (tertiary/aromatic N) is 2. The van der Waals surface area contributed by atoms with Gasteiger partial charge in [-0.2, -0.15) is 0 Å². The summed E-state index contributed by atoms with van der Waals surface area (Å²) in [4.78, 5) is 12.5. The Morgan fingerprint density at radius 1 is 1.28 bits per heavy atom. The van der Waals surface area contributed by atoms with Crippen LogP contribution in [0.5, 0.6) is 0 Å². The zero-order chi connectivity index (χ0) is 17.6. The van der Waals surface area contributed by atoms with E-state index < -0.39 is 0 Å². The van der Waals surface area contributed by atoms with E-state index in [4.69, 9.17) is 0 Å². The standard InChI is InChI=1S/C18H18N4OS2/c1-3-11-19-17-21-22-18(25-17)24-12(2)16(23)20-15-10-6-8-13-7-4-5-9-14(13)15/h3-10,12H,1,11H2,2H3,(H,19,21)(H,20,23)/t12-/m0/s1. The molecule has 0 bridgehead atoms. The van der Waals surface area contributed by atoms with Crippen LogP contribution in [0.25, 0.3) is 10.8 Å². The lowest BCUT2D eigenvalue weighted by Gasteiger charge is -2.12. The van der Waals surface area contributed by atoms with Crippen LogP contribution < -0.4 is 10.6 Å². The van der Waals surface area contributed by atoms with Crippen molar-refractivity contribution in [1.29, 1.82) is 0 Å². The van der Waals surface area contributed by atoms with Crippen molar-refractivity contribution in [2.75, 3.05) is 17.2 Å². The molecule has 25 heavy (non-hydrogen) atoms. The second-order valence-corrected chi connectivity index (χ2v) is 7.88. The summed E-state index contributed by atoms with van der Waals surface area (Å²) < 4.78 is 0.757. The molecule has 7 heteroatoms. The number of hydrogen-bond acceptors (Lipinski definition) is 6. The molecule has 2 N–H and O–H groups in total. The maximum absolute atomic E-state index is 12.5. The molecular formula is C18H18N4OS2. The number of hydrogen-bond donors (Lipinski definition) is 2. The average molecular weight is 371 g/mol. The van der Waals surface area contributed by atoms with E-state index in [1.807, 2.05) is 49.4 Å². The van der Waals surface area contributed by atoms with Gasteiger partial charge in [-0.15, -0.1) is 16.8 Å². The van der Waals surface area contributed by atoms with Crippen LogP contribution in [-0.4, -0.2) is 27.9 Å². The first-order chi connectivity index (χ1) is 12.2. The SMILES string of the molecule is C=CCNc1nnc(S[C@@H](C)C(=O)Nc2cccc3ccccc23)s1. The van der Waals surface area contributed by atoms with Crippen LogP contribution in [0.4, 0.5) is 10.8 Å². The number of fused-ring (bicyclic) bond motifs is 1. The fourth-order valence-corrected chi connectivity index (χ4v) is 4.16. The molecule has 1 atom stereocenters. The predicted octanol–water partition coefficient (Wildman–Crippen LogP) is 4.41. The van der Waals surface area contributed by atoms with E-state index in [1.165, 1.54) is 23.1 Å². The van der Waals surface area contributed by atoms with Crippen molar-refractivity contribution in [2.45, 2.75) is 16.5 Å². The summed E-state index contributed by atoms with van der Waals surface area (Å²) >= 11 is 2.83. The van der Waals surface area contributed by atoms with Crippen LogP contribution in [-0.2, 0) is 4.79 Å². The minimum Gasteiger partial charge on any atom is -0.357 e. The van der Waals surface area contributed by atoms with Crippen LogP contribution in [0, 0.1) is 0 Å². The summed E-state index contributed by atoms with van der Waals surface area (Å²) in [5, 5.41) is 16.8. The Hall–Kier alpha value is -2.38. The molecule has 0 aliphatic heterocycles. The van der Waals surface area contributed by atoms with E-state index in [9.17, 15) is 4.79 Å². The quantitative estimate of drug-likeness (QED) is 0.476. The second-order valence-electron chi connectivity index (χ2n) is 5.32. The molecule has 0 saturated carbocycles. The number of thioether (sulfide) groups is 1. The molecule has 1 amide bonds. The molecule has 5 nitrogen and oxygen atoms in total. The molecule has 3 rings (SSSR count). The van der Waals surface area contributed by atoms with Crippen LogP contribution in [0.3, 0.4) is 0 Å². The van der Waals surface area contributed by atoms with Gasteiger partial charge in [0, 0.05) is 17.6 Å². The molecule has 2 aromatic carbocycles. The number of aromatic nitrogens is 2. The van der Waals surface area contributed by atoms with Crippen LogP contribution in [0.1, 0.15) is 6.92 Å². The molecule has 128 valence electrons. The van der Waals surface area contributed by atoms with Crippen molar-refractivity contribution in [3.05, 3.63) is 55.1 Å². The third-order valence-electron chi connectivity index (χ3n) is 3.50. The minimum atomic E-state index is -0.279. The summed E-state index contributed by atoms with van der Waals surface area (Å²) in [6, 6.07) is 13.9. The summed E-state index contributed by atoms with van der Waals surface area (Å²) in [7, 11) is 0. The summed E-state index contributed by atoms with van der Waals surface area (Å²) in [5.41, 5.74) is 0.821. The Bertz CT molecular complexity index is 888. The van der Waals surface area contributed by atoms with Gasteiger partial charge in [0.15, 0.2) is 4.34 Å². The van der Waals surface area contributed by atoms with Crippen molar-refractivity contribution in [3.8, 4) is 0 Å². The van der Waals surface area contributed by atoms with E-state index in [-0.39, 0.29) is 11.2 Å². The highest BCUT2D eigenvalue weighted by molar-refractivity contribution is 8.02. The molecule has 0 aliphatic rings. The maximum atomic E-state index is 12.5. The Morgan fingerprint density at radius 2 is 2.08 bits per heavy atom. The fraction of sp³-hybridized carbons (Fsp3) is 0.167. The average Bonchev–Trinajstić information content (AvgIpc) is 3.07. The number of rotatable bonds is 7. The fourth-order valence-electron chi connectivity index (χ4n) is 2.26. The minimum absolute atomic E-state index is 0.0582. The zero-order valence-electron chi connectivity index (χ0n) is 13.7. The van der Waals surface area contributed by atoms with Crippen LogP contribution >= 0.6 is 23.1 Å². The topological polar surface area (TPSA) is 66.9 Å². The third kappa shape index (κ3) is 4.37. The van der Waals surface area contributed by atoms with Gasteiger partial charge in [0.2, 0.25) is 11.0 Å². The second kappa shape index (κ2) is 8.13. The number of carbonyl (C=O) groups excluding carboxylic acids is 1. The monoisotopic (exact) mass is 370 g/mol. The van der Waals surface area contributed by atoms with Gasteiger partial charge in [-0.3, -0.25) is 4.79 Å². The first-order valence-electron chi connectivity index (χ1n) is 7.81. The molecule has 0 unspecified atom stereocenters. The summed E-state index contributed by atoms with van der Waals surface area (Å²) in [6.45, 7) is 6.15. The molecule has 1 aromatic heterocycles. The molecule has 0 fully saturated rings. The Labute approximate surface area is 154 Å². The van der Waals surface area contributed by atoms with Crippen molar-refractivity contribution in [3.63, 3.8) is 0 Å². The largest absolute Gasteiger partial charge is 0.357 e. The Morgan fingerprint density at radius 3 is 2.92 bits per heavy atom. The lowest BCUT2D eigenvalue weighted by molar-refractivity contribution is -0.115. The molecule has 0 spiro atoms. The van der Waals surface area contributed by atoms with Crippen LogP contribution in [0.15, 0.2) is 59.5 Å². The molecule has 0 aliphatic carbocycles. The van der Waals surface area contributed by atoms with Gasteiger partial charge in [0.05, 0.1) is 5.25 Å². The van der Waals surface area contributed by atoms with E-state index in [0.717, 1.165) is 25.9 Å². The number of anilines is 2. The van der Waals surface area contributed by atoms with Crippen molar-refractivity contribution >= 4 is 50.6 Å². The van der Waals surface area contributed by atoms with Gasteiger partial charge in [-0.1, -0.05) is 65.6 Å². The zero-order valence-corrected chi connectivity index (χ0v) is 15.4. The van der Waals surface area contributed by atoms with Gasteiger partial charge in [0.25, 0.3) is 0 Å². The molecular weight excluding hydrogens is 352 g/mol. The first kappa shape index (κ1) is 17.4. The summed E-state index contributed by atoms with van der Waals surface area (Å²) in [5.74, 6) is -0.0582. The van der Waals surface area contributed by atoms with Gasteiger partial charge in [-0.05, 0) is 18.4 Å². The number of carbonyl (C=O) groups is 1. The number of nitrogens with one attached hydrogen (secondary N) is 2. The predicted molar refractivity (Wildman–Crippen MR) is 106 cm³/mol. The third-order valence-corrected chi connectivity index (χ3v) is 5.56. The highest BCUT2D eigenvalue weighted by Crippen LogP contribution is 2.30. The smallest absolute Gasteiger partial charge is 0.237 e. The molecule has 0 saturated heterocycles. The highest BCUT2D eigenvalue weighted by Gasteiger charge is 2.18. The Kier molecular flexibility index (Phi) is 5.67. The van der Waals surface area contributed by atoms with E-state index in [2.05, 4.69) is 27.4 Å². The van der Waals surface area contributed by atoms with Crippen molar-refractivity contribution in [2.24, 2.45) is 0 Å². The Balaban J connectivity index is 1.66. The number of amides is 1. The van der Waals surface area contributed by atoms with Gasteiger partial charge in [0.1, 0.15) is 0 Å².